The first-order valence-electron chi connectivity index (χ1n) is 22.0. The number of hydrogen-bond acceptors (Lipinski definition) is 2. The average Bonchev–Trinajstić information content (AvgIpc) is 3.82. The van der Waals surface area contributed by atoms with Crippen molar-refractivity contribution < 1.29 is 4.42 Å². The number of fused-ring (bicyclic) bond motifs is 6. The summed E-state index contributed by atoms with van der Waals surface area (Å²) >= 11 is 0. The van der Waals surface area contributed by atoms with Crippen molar-refractivity contribution in [3.05, 3.63) is 199 Å². The van der Waals surface area contributed by atoms with Crippen LogP contribution in [-0.2, 0) is 5.41 Å². The molecule has 0 aliphatic heterocycles. The van der Waals surface area contributed by atoms with E-state index in [1.165, 1.54) is 76.6 Å². The minimum Gasteiger partial charge on any atom is -0.456 e. The quantitative estimate of drug-likeness (QED) is 0.167. The van der Waals surface area contributed by atoms with E-state index in [2.05, 4.69) is 193 Å². The van der Waals surface area contributed by atoms with E-state index in [4.69, 9.17) is 4.42 Å². The van der Waals surface area contributed by atoms with Crippen LogP contribution in [0.3, 0.4) is 0 Å². The summed E-state index contributed by atoms with van der Waals surface area (Å²) in [6.45, 7) is 0. The highest BCUT2D eigenvalue weighted by Crippen LogP contribution is 2.69. The second-order valence-electron chi connectivity index (χ2n) is 18.1. The Labute approximate surface area is 351 Å². The van der Waals surface area contributed by atoms with Crippen molar-refractivity contribution in [3.8, 4) is 44.5 Å². The molecule has 0 N–H and O–H groups in total. The highest BCUT2D eigenvalue weighted by molar-refractivity contribution is 6.08. The first-order chi connectivity index (χ1) is 29.7. The third kappa shape index (κ3) is 5.13. The topological polar surface area (TPSA) is 16.4 Å². The number of hydrogen-bond donors (Lipinski definition) is 0. The molecule has 9 aromatic rings. The van der Waals surface area contributed by atoms with Crippen molar-refractivity contribution >= 4 is 39.0 Å². The molecule has 5 aliphatic rings. The van der Waals surface area contributed by atoms with Gasteiger partial charge in [0.05, 0.1) is 0 Å². The summed E-state index contributed by atoms with van der Waals surface area (Å²) in [5.41, 5.74) is 18.8. The molecule has 5 aliphatic carbocycles. The Bertz CT molecular complexity index is 2970. The summed E-state index contributed by atoms with van der Waals surface area (Å²) in [5.74, 6) is 3.43. The molecule has 2 nitrogen and oxygen atoms in total. The molecule has 0 atom stereocenters. The molecule has 0 amide bonds. The summed E-state index contributed by atoms with van der Waals surface area (Å²) in [6.07, 6.45) is 7.10. The lowest BCUT2D eigenvalue weighted by molar-refractivity contribution is -0.0399. The molecule has 0 saturated heterocycles. The monoisotopic (exact) mass is 771 g/mol. The van der Waals surface area contributed by atoms with Gasteiger partial charge in [-0.1, -0.05) is 127 Å². The van der Waals surface area contributed by atoms with Crippen LogP contribution < -0.4 is 4.90 Å². The van der Waals surface area contributed by atoms with Crippen LogP contribution in [0.4, 0.5) is 17.1 Å². The van der Waals surface area contributed by atoms with Gasteiger partial charge in [-0.2, -0.15) is 0 Å². The number of benzene rings is 8. The first-order valence-corrected chi connectivity index (χ1v) is 22.0. The van der Waals surface area contributed by atoms with Gasteiger partial charge >= 0.3 is 0 Å². The van der Waals surface area contributed by atoms with Gasteiger partial charge < -0.3 is 9.32 Å². The molecular weight excluding hydrogens is 727 g/mol. The molecule has 1 heterocycles. The third-order valence-corrected chi connectivity index (χ3v) is 15.1. The molecule has 1 spiro atoms. The van der Waals surface area contributed by atoms with Crippen molar-refractivity contribution in [1.29, 1.82) is 0 Å². The van der Waals surface area contributed by atoms with Crippen molar-refractivity contribution in [1.82, 2.24) is 0 Å². The molecule has 8 aromatic carbocycles. The molecule has 1 aromatic heterocycles. The Morgan fingerprint density at radius 3 is 1.47 bits per heavy atom. The fraction of sp³-hybridized carbons (Fsp3) is 0.172. The van der Waals surface area contributed by atoms with Gasteiger partial charge in [-0.3, -0.25) is 0 Å². The molecule has 60 heavy (non-hydrogen) atoms. The number of nitrogens with zero attached hydrogens (tertiary/aromatic N) is 1. The zero-order valence-electron chi connectivity index (χ0n) is 33.6. The standard InChI is InChI=1S/C58H45NO/c1-3-9-39(10-4-1)41-15-21-47(22-16-41)59(48-23-17-42(18-24-48)40-11-5-2-6-12-40)49-25-28-57-53(36-49)52-35-44(20-27-56(52)60-57)43-19-26-55-51(34-43)50-13-7-8-14-54(50)58(55)45-30-37-29-38(32-45)33-46(58)31-37/h1-28,34-38,45-46H,29-33H2. The van der Waals surface area contributed by atoms with E-state index in [9.17, 15) is 0 Å². The summed E-state index contributed by atoms with van der Waals surface area (Å²) < 4.78 is 6.55. The normalized spacial score (nSPS) is 22.1. The molecule has 2 heteroatoms. The minimum atomic E-state index is 0.189. The van der Waals surface area contributed by atoms with Crippen LogP contribution in [0.25, 0.3) is 66.4 Å². The van der Waals surface area contributed by atoms with Crippen LogP contribution in [0.5, 0.6) is 0 Å². The summed E-state index contributed by atoms with van der Waals surface area (Å²) in [5, 5.41) is 2.26. The van der Waals surface area contributed by atoms with Gasteiger partial charge in [0, 0.05) is 33.2 Å². The molecular formula is C58H45NO. The van der Waals surface area contributed by atoms with Gasteiger partial charge in [0.1, 0.15) is 11.2 Å². The van der Waals surface area contributed by atoms with Crippen LogP contribution in [0.2, 0.25) is 0 Å². The Hall–Kier alpha value is -6.64. The van der Waals surface area contributed by atoms with Gasteiger partial charge in [-0.05, 0) is 172 Å². The average molecular weight is 772 g/mol. The molecule has 0 unspecified atom stereocenters. The van der Waals surface area contributed by atoms with Crippen LogP contribution in [0.15, 0.2) is 192 Å². The summed E-state index contributed by atoms with van der Waals surface area (Å²) in [4.78, 5) is 2.36. The van der Waals surface area contributed by atoms with Gasteiger partial charge in [0.25, 0.3) is 0 Å². The smallest absolute Gasteiger partial charge is 0.135 e. The van der Waals surface area contributed by atoms with E-state index in [-0.39, 0.29) is 5.41 Å². The molecule has 4 saturated carbocycles. The highest BCUT2D eigenvalue weighted by atomic mass is 16.3. The second kappa shape index (κ2) is 13.2. The first kappa shape index (κ1) is 34.2. The Morgan fingerprint density at radius 1 is 0.367 bits per heavy atom. The predicted octanol–water partition coefficient (Wildman–Crippen LogP) is 15.8. The van der Waals surface area contributed by atoms with Gasteiger partial charge in [-0.15, -0.1) is 0 Å². The summed E-state index contributed by atoms with van der Waals surface area (Å²) in [7, 11) is 0. The zero-order valence-corrected chi connectivity index (χ0v) is 33.6. The Morgan fingerprint density at radius 2 is 0.833 bits per heavy atom. The minimum absolute atomic E-state index is 0.189. The lowest BCUT2D eigenvalue weighted by Gasteiger charge is -2.61. The van der Waals surface area contributed by atoms with Crippen molar-refractivity contribution in [3.63, 3.8) is 0 Å². The van der Waals surface area contributed by atoms with Crippen molar-refractivity contribution in [2.45, 2.75) is 37.5 Å². The fourth-order valence-electron chi connectivity index (χ4n) is 12.7. The molecule has 14 rings (SSSR count). The van der Waals surface area contributed by atoms with E-state index in [1.807, 2.05) is 0 Å². The second-order valence-corrected chi connectivity index (χ2v) is 18.1. The molecule has 4 fully saturated rings. The van der Waals surface area contributed by atoms with Crippen molar-refractivity contribution in [2.75, 3.05) is 4.90 Å². The van der Waals surface area contributed by atoms with Crippen LogP contribution >= 0.6 is 0 Å². The van der Waals surface area contributed by atoms with Gasteiger partial charge in [0.2, 0.25) is 0 Å². The maximum atomic E-state index is 6.55. The van der Waals surface area contributed by atoms with Crippen LogP contribution in [0.1, 0.15) is 43.2 Å². The Balaban J connectivity index is 0.911. The lowest BCUT2D eigenvalue weighted by atomic mass is 9.43. The van der Waals surface area contributed by atoms with Crippen LogP contribution in [-0.4, -0.2) is 0 Å². The largest absolute Gasteiger partial charge is 0.456 e. The Kier molecular flexibility index (Phi) is 7.52. The van der Waals surface area contributed by atoms with Gasteiger partial charge in [0.15, 0.2) is 0 Å². The maximum Gasteiger partial charge on any atom is 0.135 e. The molecule has 288 valence electrons. The third-order valence-electron chi connectivity index (χ3n) is 15.1. The zero-order chi connectivity index (χ0) is 39.4. The molecule has 0 radical (unpaired) electrons. The molecule has 4 bridgehead atoms. The van der Waals surface area contributed by atoms with Gasteiger partial charge in [-0.25, -0.2) is 0 Å². The summed E-state index contributed by atoms with van der Waals surface area (Å²) in [6, 6.07) is 69.4. The lowest BCUT2D eigenvalue weighted by Crippen LogP contribution is -2.55. The van der Waals surface area contributed by atoms with E-state index < -0.39 is 0 Å². The maximum absolute atomic E-state index is 6.55. The number of furan rings is 1. The predicted molar refractivity (Wildman–Crippen MR) is 248 cm³/mol. The van der Waals surface area contributed by atoms with Crippen LogP contribution in [0, 0.1) is 23.7 Å². The highest BCUT2D eigenvalue weighted by Gasteiger charge is 2.61. The van der Waals surface area contributed by atoms with E-state index in [1.54, 1.807) is 11.1 Å². The number of anilines is 3. The van der Waals surface area contributed by atoms with E-state index in [0.29, 0.717) is 0 Å². The fourth-order valence-corrected chi connectivity index (χ4v) is 12.7. The SMILES string of the molecule is c1ccc(-c2ccc(N(c3ccc(-c4ccccc4)cc3)c3ccc4oc5ccc(-c6ccc7c(c6)-c6ccccc6C76C7CC8CC(C7)CC6C8)cc5c4c3)cc2)cc1. The van der Waals surface area contributed by atoms with E-state index >= 15 is 0 Å². The van der Waals surface area contributed by atoms with E-state index in [0.717, 1.165) is 62.7 Å². The number of rotatable bonds is 6. The van der Waals surface area contributed by atoms with Crippen molar-refractivity contribution in [2.24, 2.45) is 23.7 Å².